The molecule has 2 aromatic carbocycles. The van der Waals surface area contributed by atoms with Crippen LogP contribution in [0.5, 0.6) is 0 Å². The number of rotatable bonds is 3. The van der Waals surface area contributed by atoms with E-state index in [1.54, 1.807) is 28.8 Å². The Hall–Kier alpha value is -1.66. The molecular weight excluding hydrogens is 461 g/mol. The first-order valence-corrected chi connectivity index (χ1v) is 12.7. The van der Waals surface area contributed by atoms with E-state index in [0.717, 1.165) is 48.1 Å². The van der Waals surface area contributed by atoms with Crippen LogP contribution in [-0.4, -0.2) is 54.8 Å². The highest BCUT2D eigenvalue weighted by Gasteiger charge is 2.28. The van der Waals surface area contributed by atoms with Crippen LogP contribution < -0.4 is 9.80 Å². The third-order valence-electron chi connectivity index (χ3n) is 6.04. The first-order valence-electron chi connectivity index (χ1n) is 10.9. The number of nitrogens with zero attached hydrogens (tertiary/aromatic N) is 3. The second-order valence-electron chi connectivity index (χ2n) is 9.12. The summed E-state index contributed by atoms with van der Waals surface area (Å²) in [6.07, 6.45) is 2.04. The average molecular weight is 491 g/mol. The predicted octanol–water partition coefficient (Wildman–Crippen LogP) is 6.03. The van der Waals surface area contributed by atoms with E-state index in [9.17, 15) is 4.79 Å². The van der Waals surface area contributed by atoms with Crippen molar-refractivity contribution in [2.45, 2.75) is 26.3 Å². The number of hydrogen-bond acceptors (Lipinski definition) is 4. The standard InChI is InChI=1S/C25H29Cl2N3OS/c1-25(2,3)29-12-10-28(11-13-29)22-7-5-4-6-18(22)16-23-24(31)30(14-15-32-23)19-8-9-20(26)21(27)17-19/h4-9,16-17H,10-15H2,1-3H3/b23-16-. The molecule has 2 aliphatic rings. The number of anilines is 2. The SMILES string of the molecule is CC(C)(C)N1CCN(c2ccccc2/C=C2\SCCN(c3ccc(Cl)c(Cl)c3)C2=O)CC1. The van der Waals surface area contributed by atoms with Gasteiger partial charge >= 0.3 is 0 Å². The van der Waals surface area contributed by atoms with Gasteiger partial charge in [0.2, 0.25) is 0 Å². The van der Waals surface area contributed by atoms with Crippen molar-refractivity contribution < 1.29 is 4.79 Å². The molecule has 0 bridgehead atoms. The Morgan fingerprint density at radius 1 is 0.938 bits per heavy atom. The second-order valence-corrected chi connectivity index (χ2v) is 11.1. The highest BCUT2D eigenvalue weighted by Crippen LogP contribution is 2.34. The molecule has 0 saturated carbocycles. The van der Waals surface area contributed by atoms with Gasteiger partial charge in [0.1, 0.15) is 0 Å². The van der Waals surface area contributed by atoms with Gasteiger partial charge in [-0.1, -0.05) is 41.4 Å². The molecule has 32 heavy (non-hydrogen) atoms. The van der Waals surface area contributed by atoms with Gasteiger partial charge < -0.3 is 9.80 Å². The fourth-order valence-electron chi connectivity index (χ4n) is 4.20. The highest BCUT2D eigenvalue weighted by molar-refractivity contribution is 8.04. The summed E-state index contributed by atoms with van der Waals surface area (Å²) < 4.78 is 0. The number of benzene rings is 2. The van der Waals surface area contributed by atoms with Crippen molar-refractivity contribution in [3.8, 4) is 0 Å². The lowest BCUT2D eigenvalue weighted by Crippen LogP contribution is -2.53. The van der Waals surface area contributed by atoms with E-state index in [2.05, 4.69) is 48.8 Å². The summed E-state index contributed by atoms with van der Waals surface area (Å²) in [6.45, 7) is 11.5. The van der Waals surface area contributed by atoms with Crippen LogP contribution in [-0.2, 0) is 4.79 Å². The van der Waals surface area contributed by atoms with Crippen LogP contribution in [0.25, 0.3) is 6.08 Å². The third-order valence-corrected chi connectivity index (χ3v) is 7.76. The molecule has 2 heterocycles. The highest BCUT2D eigenvalue weighted by atomic mass is 35.5. The van der Waals surface area contributed by atoms with Gasteiger partial charge in [0.05, 0.1) is 15.0 Å². The van der Waals surface area contributed by atoms with E-state index in [-0.39, 0.29) is 11.4 Å². The summed E-state index contributed by atoms with van der Waals surface area (Å²) in [5, 5.41) is 0.950. The maximum atomic E-state index is 13.3. The molecular formula is C25H29Cl2N3OS. The van der Waals surface area contributed by atoms with Gasteiger partial charge in [0, 0.05) is 55.4 Å². The molecule has 1 amide bonds. The molecule has 4 rings (SSSR count). The van der Waals surface area contributed by atoms with Gasteiger partial charge in [0.15, 0.2) is 0 Å². The van der Waals surface area contributed by atoms with Gasteiger partial charge in [-0.05, 0) is 56.7 Å². The Kier molecular flexibility index (Phi) is 7.11. The monoisotopic (exact) mass is 489 g/mol. The van der Waals surface area contributed by atoms with Crippen LogP contribution in [0.1, 0.15) is 26.3 Å². The Bertz CT molecular complexity index is 1030. The molecule has 0 radical (unpaired) electrons. The zero-order valence-corrected chi connectivity index (χ0v) is 21.1. The molecule has 0 atom stereocenters. The summed E-state index contributed by atoms with van der Waals surface area (Å²) in [7, 11) is 0. The fourth-order valence-corrected chi connectivity index (χ4v) is 5.43. The zero-order chi connectivity index (χ0) is 22.9. The van der Waals surface area contributed by atoms with Crippen LogP contribution in [0.15, 0.2) is 47.4 Å². The van der Waals surface area contributed by atoms with Crippen molar-refractivity contribution >= 4 is 58.3 Å². The van der Waals surface area contributed by atoms with E-state index in [0.29, 0.717) is 16.6 Å². The summed E-state index contributed by atoms with van der Waals surface area (Å²) >= 11 is 13.9. The molecule has 2 aromatic rings. The maximum Gasteiger partial charge on any atom is 0.264 e. The molecule has 0 N–H and O–H groups in total. The number of thioether (sulfide) groups is 1. The molecule has 0 aliphatic carbocycles. The van der Waals surface area contributed by atoms with Crippen molar-refractivity contribution in [2.75, 3.05) is 48.3 Å². The van der Waals surface area contributed by atoms with Gasteiger partial charge in [-0.15, -0.1) is 11.8 Å². The minimum absolute atomic E-state index is 0.00648. The predicted molar refractivity (Wildman–Crippen MR) is 139 cm³/mol. The van der Waals surface area contributed by atoms with Crippen molar-refractivity contribution in [3.05, 3.63) is 63.0 Å². The number of halogens is 2. The van der Waals surface area contributed by atoms with Crippen LogP contribution >= 0.6 is 35.0 Å². The third kappa shape index (κ3) is 5.12. The fraction of sp³-hybridized carbons (Fsp3) is 0.400. The van der Waals surface area contributed by atoms with Gasteiger partial charge in [-0.3, -0.25) is 9.69 Å². The van der Waals surface area contributed by atoms with Gasteiger partial charge in [-0.25, -0.2) is 0 Å². The molecule has 7 heteroatoms. The molecule has 0 unspecified atom stereocenters. The van der Waals surface area contributed by atoms with E-state index >= 15 is 0 Å². The van der Waals surface area contributed by atoms with Crippen molar-refractivity contribution in [3.63, 3.8) is 0 Å². The molecule has 170 valence electrons. The van der Waals surface area contributed by atoms with E-state index < -0.39 is 0 Å². The van der Waals surface area contributed by atoms with Gasteiger partial charge in [-0.2, -0.15) is 0 Å². The first-order chi connectivity index (χ1) is 15.2. The number of carbonyl (C=O) groups is 1. The lowest BCUT2D eigenvalue weighted by atomic mass is 10.0. The molecule has 4 nitrogen and oxygen atoms in total. The second kappa shape index (κ2) is 9.68. The average Bonchev–Trinajstić information content (AvgIpc) is 2.77. The van der Waals surface area contributed by atoms with Crippen molar-refractivity contribution in [2.24, 2.45) is 0 Å². The number of carbonyl (C=O) groups excluding carboxylic acids is 1. The summed E-state index contributed by atoms with van der Waals surface area (Å²) in [5.74, 6) is 0.844. The molecule has 2 saturated heterocycles. The Morgan fingerprint density at radius 2 is 1.66 bits per heavy atom. The molecule has 0 spiro atoms. The minimum atomic E-state index is 0.00648. The van der Waals surface area contributed by atoms with Crippen LogP contribution in [0.2, 0.25) is 10.0 Å². The van der Waals surface area contributed by atoms with Crippen LogP contribution in [0.3, 0.4) is 0 Å². The largest absolute Gasteiger partial charge is 0.368 e. The van der Waals surface area contributed by atoms with E-state index in [4.69, 9.17) is 23.2 Å². The number of amides is 1. The lowest BCUT2D eigenvalue weighted by molar-refractivity contribution is -0.114. The van der Waals surface area contributed by atoms with E-state index in [1.165, 1.54) is 5.69 Å². The van der Waals surface area contributed by atoms with Crippen molar-refractivity contribution in [1.29, 1.82) is 0 Å². The Balaban J connectivity index is 1.56. The number of hydrogen-bond donors (Lipinski definition) is 0. The molecule has 2 aliphatic heterocycles. The summed E-state index contributed by atoms with van der Waals surface area (Å²) in [6, 6.07) is 13.7. The molecule has 2 fully saturated rings. The van der Waals surface area contributed by atoms with Gasteiger partial charge in [0.25, 0.3) is 5.91 Å². The Labute approximate surface area is 205 Å². The Morgan fingerprint density at radius 3 is 2.34 bits per heavy atom. The smallest absolute Gasteiger partial charge is 0.264 e. The van der Waals surface area contributed by atoms with E-state index in [1.807, 2.05) is 18.2 Å². The quantitative estimate of drug-likeness (QED) is 0.491. The van der Waals surface area contributed by atoms with Crippen LogP contribution in [0.4, 0.5) is 11.4 Å². The first kappa shape index (κ1) is 23.5. The van der Waals surface area contributed by atoms with Crippen molar-refractivity contribution in [1.82, 2.24) is 4.90 Å². The lowest BCUT2D eigenvalue weighted by Gasteiger charge is -2.43. The molecule has 0 aromatic heterocycles. The maximum absolute atomic E-state index is 13.3. The summed E-state index contributed by atoms with van der Waals surface area (Å²) in [5.41, 5.74) is 3.24. The number of para-hydroxylation sites is 1. The normalized spacial score (nSPS) is 19.7. The zero-order valence-electron chi connectivity index (χ0n) is 18.8. The minimum Gasteiger partial charge on any atom is -0.368 e. The summed E-state index contributed by atoms with van der Waals surface area (Å²) in [4.78, 5) is 20.8. The number of piperazine rings is 1. The van der Waals surface area contributed by atoms with Crippen LogP contribution in [0, 0.1) is 0 Å². The topological polar surface area (TPSA) is 26.8 Å².